The third kappa shape index (κ3) is 2.59. The minimum absolute atomic E-state index is 0.273. The summed E-state index contributed by atoms with van der Waals surface area (Å²) in [5.41, 5.74) is 4.58. The fourth-order valence-corrected chi connectivity index (χ4v) is 3.07. The van der Waals surface area contributed by atoms with Crippen LogP contribution in [0.1, 0.15) is 22.8 Å². The van der Waals surface area contributed by atoms with Crippen LogP contribution in [-0.2, 0) is 11.8 Å². The molecule has 0 aliphatic heterocycles. The highest BCUT2D eigenvalue weighted by Crippen LogP contribution is 2.28. The van der Waals surface area contributed by atoms with Crippen molar-refractivity contribution in [2.24, 2.45) is 7.05 Å². The van der Waals surface area contributed by atoms with Crippen molar-refractivity contribution >= 4 is 16.9 Å². The van der Waals surface area contributed by atoms with Crippen LogP contribution in [0.4, 0.5) is 0 Å². The number of ether oxygens (including phenoxy) is 1. The number of esters is 1. The number of rotatable bonds is 3. The molecule has 2 aromatic carbocycles. The van der Waals surface area contributed by atoms with Gasteiger partial charge in [0.1, 0.15) is 12.6 Å². The van der Waals surface area contributed by atoms with Gasteiger partial charge in [-0.2, -0.15) is 4.57 Å². The molecule has 0 aliphatic carbocycles. The second-order valence-corrected chi connectivity index (χ2v) is 5.51. The molecule has 0 amide bonds. The molecule has 0 unspecified atom stereocenters. The number of nitrogens with zero attached hydrogens (tertiary/aromatic N) is 1. The molecule has 0 radical (unpaired) electrons. The normalized spacial score (nSPS) is 10.7. The molecule has 0 saturated carbocycles. The summed E-state index contributed by atoms with van der Waals surface area (Å²) in [6, 6.07) is 18.1. The molecular formula is C20H20NO2+. The van der Waals surface area contributed by atoms with Crippen LogP contribution < -0.4 is 4.57 Å². The maximum Gasteiger partial charge on any atom is 0.345 e. The fraction of sp³-hybridized carbons (Fsp3) is 0.200. The Balaban J connectivity index is 2.42. The first kappa shape index (κ1) is 15.2. The summed E-state index contributed by atoms with van der Waals surface area (Å²) in [5.74, 6) is -0.273. The fourth-order valence-electron chi connectivity index (χ4n) is 3.07. The van der Waals surface area contributed by atoms with Crippen LogP contribution in [0.25, 0.3) is 22.2 Å². The maximum atomic E-state index is 12.6. The molecule has 3 nitrogen and oxygen atoms in total. The van der Waals surface area contributed by atoms with Crippen LogP contribution in [0.5, 0.6) is 0 Å². The van der Waals surface area contributed by atoms with Crippen molar-refractivity contribution in [3.8, 4) is 11.3 Å². The summed E-state index contributed by atoms with van der Waals surface area (Å²) >= 11 is 0. The van der Waals surface area contributed by atoms with E-state index in [9.17, 15) is 4.79 Å². The van der Waals surface area contributed by atoms with E-state index in [-0.39, 0.29) is 5.97 Å². The smallest absolute Gasteiger partial charge is 0.345 e. The number of carbonyl (C=O) groups is 1. The molecule has 1 heterocycles. The third-order valence-electron chi connectivity index (χ3n) is 4.14. The van der Waals surface area contributed by atoms with E-state index < -0.39 is 0 Å². The summed E-state index contributed by atoms with van der Waals surface area (Å²) < 4.78 is 7.40. The molecule has 0 spiro atoms. The summed E-state index contributed by atoms with van der Waals surface area (Å²) in [7, 11) is 1.99. The van der Waals surface area contributed by atoms with Crippen LogP contribution in [-0.4, -0.2) is 12.6 Å². The Morgan fingerprint density at radius 3 is 2.39 bits per heavy atom. The zero-order chi connectivity index (χ0) is 16.4. The van der Waals surface area contributed by atoms with E-state index in [4.69, 9.17) is 4.74 Å². The number of carbonyl (C=O) groups excluding carboxylic acids is 1. The van der Waals surface area contributed by atoms with Crippen molar-refractivity contribution in [2.75, 3.05) is 6.61 Å². The lowest BCUT2D eigenvalue weighted by Gasteiger charge is -2.13. The molecule has 23 heavy (non-hydrogen) atoms. The van der Waals surface area contributed by atoms with Crippen molar-refractivity contribution in [1.82, 2.24) is 0 Å². The molecule has 0 bridgehead atoms. The zero-order valence-electron chi connectivity index (χ0n) is 13.7. The highest BCUT2D eigenvalue weighted by atomic mass is 16.5. The van der Waals surface area contributed by atoms with Gasteiger partial charge in [-0.1, -0.05) is 30.3 Å². The van der Waals surface area contributed by atoms with Gasteiger partial charge in [0, 0.05) is 11.6 Å². The standard InChI is InChI=1S/C20H20NO2/c1-4-23-20(22)18-14(2)16-12-8-9-13-17(16)21(3)19(18)15-10-6-5-7-11-15/h5-13H,4H2,1-3H3/q+1. The lowest BCUT2D eigenvalue weighted by Crippen LogP contribution is -2.35. The Labute approximate surface area is 136 Å². The first-order valence-corrected chi connectivity index (χ1v) is 7.79. The number of para-hydroxylation sites is 1. The monoisotopic (exact) mass is 306 g/mol. The maximum absolute atomic E-state index is 12.6. The van der Waals surface area contributed by atoms with Crippen LogP contribution in [0.2, 0.25) is 0 Å². The third-order valence-corrected chi connectivity index (χ3v) is 4.14. The number of fused-ring (bicyclic) bond motifs is 1. The van der Waals surface area contributed by atoms with E-state index >= 15 is 0 Å². The molecule has 0 N–H and O–H groups in total. The number of hydrogen-bond donors (Lipinski definition) is 0. The van der Waals surface area contributed by atoms with Crippen LogP contribution in [0.15, 0.2) is 54.6 Å². The van der Waals surface area contributed by atoms with Crippen LogP contribution >= 0.6 is 0 Å². The highest BCUT2D eigenvalue weighted by molar-refractivity contribution is 6.01. The van der Waals surface area contributed by atoms with Gasteiger partial charge in [0.15, 0.2) is 0 Å². The Morgan fingerprint density at radius 1 is 1.04 bits per heavy atom. The topological polar surface area (TPSA) is 30.2 Å². The highest BCUT2D eigenvalue weighted by Gasteiger charge is 2.28. The lowest BCUT2D eigenvalue weighted by molar-refractivity contribution is -0.633. The van der Waals surface area contributed by atoms with Gasteiger partial charge in [-0.3, -0.25) is 0 Å². The van der Waals surface area contributed by atoms with Crippen molar-refractivity contribution in [3.05, 3.63) is 65.7 Å². The Kier molecular flexibility index (Phi) is 4.11. The second-order valence-electron chi connectivity index (χ2n) is 5.51. The van der Waals surface area contributed by atoms with Crippen molar-refractivity contribution < 1.29 is 14.1 Å². The van der Waals surface area contributed by atoms with Gasteiger partial charge in [0.25, 0.3) is 0 Å². The first-order valence-electron chi connectivity index (χ1n) is 7.79. The van der Waals surface area contributed by atoms with Gasteiger partial charge >= 0.3 is 5.97 Å². The number of aromatic nitrogens is 1. The minimum Gasteiger partial charge on any atom is -0.462 e. The van der Waals surface area contributed by atoms with Gasteiger partial charge in [-0.05, 0) is 37.6 Å². The Bertz CT molecular complexity index is 870. The summed E-state index contributed by atoms with van der Waals surface area (Å²) in [5, 5.41) is 1.07. The van der Waals surface area contributed by atoms with Crippen LogP contribution in [0.3, 0.4) is 0 Å². The second kappa shape index (κ2) is 6.21. The minimum atomic E-state index is -0.273. The molecule has 3 aromatic rings. The summed E-state index contributed by atoms with van der Waals surface area (Å²) in [6.07, 6.45) is 0. The number of aryl methyl sites for hydroxylation is 2. The predicted molar refractivity (Wildman–Crippen MR) is 91.3 cm³/mol. The van der Waals surface area contributed by atoms with E-state index in [0.717, 1.165) is 27.7 Å². The van der Waals surface area contributed by atoms with Gasteiger partial charge in [-0.25, -0.2) is 4.79 Å². The molecule has 0 saturated heterocycles. The molecule has 0 aliphatic rings. The van der Waals surface area contributed by atoms with Crippen molar-refractivity contribution in [1.29, 1.82) is 0 Å². The van der Waals surface area contributed by atoms with Crippen molar-refractivity contribution in [2.45, 2.75) is 13.8 Å². The molecule has 3 heteroatoms. The van der Waals surface area contributed by atoms with Gasteiger partial charge < -0.3 is 4.74 Å². The quantitative estimate of drug-likeness (QED) is 0.544. The molecule has 1 aromatic heterocycles. The molecule has 0 fully saturated rings. The van der Waals surface area contributed by atoms with Gasteiger partial charge in [0.05, 0.1) is 12.0 Å². The lowest BCUT2D eigenvalue weighted by atomic mass is 9.97. The van der Waals surface area contributed by atoms with Gasteiger partial charge in [0.2, 0.25) is 11.2 Å². The molecule has 116 valence electrons. The average Bonchev–Trinajstić information content (AvgIpc) is 2.58. The van der Waals surface area contributed by atoms with Crippen LogP contribution in [0, 0.1) is 6.92 Å². The van der Waals surface area contributed by atoms with E-state index in [1.807, 2.05) is 69.4 Å². The number of benzene rings is 2. The SMILES string of the molecule is CCOC(=O)c1c(C)c2ccccc2[n+](C)c1-c1ccccc1. The first-order chi connectivity index (χ1) is 11.1. The number of pyridine rings is 1. The van der Waals surface area contributed by atoms with E-state index in [1.165, 1.54) is 0 Å². The van der Waals surface area contributed by atoms with Crippen molar-refractivity contribution in [3.63, 3.8) is 0 Å². The summed E-state index contributed by atoms with van der Waals surface area (Å²) in [6.45, 7) is 4.18. The van der Waals surface area contributed by atoms with E-state index in [0.29, 0.717) is 12.2 Å². The zero-order valence-corrected chi connectivity index (χ0v) is 13.7. The van der Waals surface area contributed by atoms with E-state index in [2.05, 4.69) is 10.6 Å². The number of hydrogen-bond acceptors (Lipinski definition) is 2. The average molecular weight is 306 g/mol. The largest absolute Gasteiger partial charge is 0.462 e. The molecule has 0 atom stereocenters. The van der Waals surface area contributed by atoms with E-state index in [1.54, 1.807) is 0 Å². The Hall–Kier alpha value is -2.68. The molecule has 3 rings (SSSR count). The Morgan fingerprint density at radius 2 is 1.70 bits per heavy atom. The predicted octanol–water partition coefficient (Wildman–Crippen LogP) is 3.82. The summed E-state index contributed by atoms with van der Waals surface area (Å²) in [4.78, 5) is 12.6. The van der Waals surface area contributed by atoms with Gasteiger partial charge in [-0.15, -0.1) is 0 Å². The molecular weight excluding hydrogens is 286 g/mol.